The van der Waals surface area contributed by atoms with E-state index in [1.807, 2.05) is 35.2 Å². The van der Waals surface area contributed by atoms with Crippen LogP contribution < -0.4 is 0 Å². The number of fused-ring (bicyclic) bond motifs is 1. The number of alkyl halides is 1. The molecular weight excluding hydrogens is 280 g/mol. The van der Waals surface area contributed by atoms with Gasteiger partial charge in [-0.15, -0.1) is 11.6 Å². The number of halogens is 1. The number of hydrogen-bond donors (Lipinski definition) is 1. The van der Waals surface area contributed by atoms with Crippen LogP contribution in [0, 0.1) is 0 Å². The van der Waals surface area contributed by atoms with Gasteiger partial charge >= 0.3 is 0 Å². The van der Waals surface area contributed by atoms with Crippen molar-refractivity contribution in [3.05, 3.63) is 35.9 Å². The third-order valence-electron chi connectivity index (χ3n) is 3.70. The SMILES string of the molecule is O[C@]1(c2ccccc2)[C@H](CCCl)SC2=NCCCN21. The fourth-order valence-corrected chi connectivity index (χ4v) is 4.56. The third-order valence-corrected chi connectivity index (χ3v) is 5.32. The summed E-state index contributed by atoms with van der Waals surface area (Å²) in [5.74, 6) is 0.550. The van der Waals surface area contributed by atoms with Crippen molar-refractivity contribution in [2.75, 3.05) is 19.0 Å². The van der Waals surface area contributed by atoms with Crippen LogP contribution in [0.2, 0.25) is 0 Å². The van der Waals surface area contributed by atoms with Crippen LogP contribution in [0.1, 0.15) is 18.4 Å². The third kappa shape index (κ3) is 2.16. The zero-order valence-corrected chi connectivity index (χ0v) is 12.2. The molecular formula is C14H17ClN2OS. The van der Waals surface area contributed by atoms with Crippen molar-refractivity contribution in [2.24, 2.45) is 4.99 Å². The van der Waals surface area contributed by atoms with E-state index < -0.39 is 5.72 Å². The maximum Gasteiger partial charge on any atom is 0.178 e. The fourth-order valence-electron chi connectivity index (χ4n) is 2.77. The van der Waals surface area contributed by atoms with Gasteiger partial charge in [0.2, 0.25) is 0 Å². The molecule has 0 bridgehead atoms. The summed E-state index contributed by atoms with van der Waals surface area (Å²) in [6.07, 6.45) is 1.76. The van der Waals surface area contributed by atoms with Crippen LogP contribution in [0.4, 0.5) is 0 Å². The lowest BCUT2D eigenvalue weighted by Gasteiger charge is -2.39. The van der Waals surface area contributed by atoms with E-state index in [0.29, 0.717) is 5.88 Å². The predicted molar refractivity (Wildman–Crippen MR) is 80.7 cm³/mol. The second kappa shape index (κ2) is 5.35. The van der Waals surface area contributed by atoms with Gasteiger partial charge in [-0.2, -0.15) is 0 Å². The average Bonchev–Trinajstić information content (AvgIpc) is 2.75. The van der Waals surface area contributed by atoms with Crippen LogP contribution >= 0.6 is 23.4 Å². The Labute approximate surface area is 122 Å². The lowest BCUT2D eigenvalue weighted by atomic mass is 9.95. The minimum absolute atomic E-state index is 0.0456. The molecule has 1 aromatic carbocycles. The molecule has 1 fully saturated rings. The molecule has 0 spiro atoms. The van der Waals surface area contributed by atoms with Gasteiger partial charge in [-0.05, 0) is 12.8 Å². The maximum atomic E-state index is 11.3. The number of aliphatic hydroxyl groups is 1. The Hall–Kier alpha value is -0.710. The van der Waals surface area contributed by atoms with Gasteiger partial charge in [0, 0.05) is 24.5 Å². The molecule has 1 N–H and O–H groups in total. The standard InChI is InChI=1S/C14H17ClN2OS/c15-8-7-12-14(18,11-5-2-1-3-6-11)17-10-4-9-16-13(17)19-12/h1-3,5-6,12,18H,4,7-10H2/t12-,14+/m0/s1. The van der Waals surface area contributed by atoms with E-state index >= 15 is 0 Å². The van der Waals surface area contributed by atoms with Gasteiger partial charge in [0.1, 0.15) is 0 Å². The number of hydrogen-bond acceptors (Lipinski definition) is 4. The smallest absolute Gasteiger partial charge is 0.178 e. The summed E-state index contributed by atoms with van der Waals surface area (Å²) >= 11 is 7.57. The van der Waals surface area contributed by atoms with Crippen LogP contribution in [0.25, 0.3) is 0 Å². The normalized spacial score (nSPS) is 30.1. The van der Waals surface area contributed by atoms with E-state index in [0.717, 1.165) is 36.7 Å². The van der Waals surface area contributed by atoms with E-state index in [-0.39, 0.29) is 5.25 Å². The van der Waals surface area contributed by atoms with Crippen molar-refractivity contribution < 1.29 is 5.11 Å². The molecule has 2 atom stereocenters. The summed E-state index contributed by atoms with van der Waals surface area (Å²) in [7, 11) is 0. The molecule has 0 aromatic heterocycles. The largest absolute Gasteiger partial charge is 0.366 e. The van der Waals surface area contributed by atoms with Crippen LogP contribution in [0.5, 0.6) is 0 Å². The first-order valence-electron chi connectivity index (χ1n) is 6.59. The second-order valence-corrected chi connectivity index (χ2v) is 6.39. The van der Waals surface area contributed by atoms with Crippen LogP contribution in [0.3, 0.4) is 0 Å². The van der Waals surface area contributed by atoms with Gasteiger partial charge in [-0.1, -0.05) is 42.1 Å². The number of nitrogens with zero attached hydrogens (tertiary/aromatic N) is 2. The number of amidine groups is 1. The predicted octanol–water partition coefficient (Wildman–Crippen LogP) is 2.64. The van der Waals surface area contributed by atoms with Gasteiger partial charge in [-0.3, -0.25) is 4.99 Å². The first-order valence-corrected chi connectivity index (χ1v) is 8.01. The molecule has 3 nitrogen and oxygen atoms in total. The van der Waals surface area contributed by atoms with Crippen molar-refractivity contribution in [3.8, 4) is 0 Å². The molecule has 2 aliphatic heterocycles. The van der Waals surface area contributed by atoms with Gasteiger partial charge in [-0.25, -0.2) is 0 Å². The highest BCUT2D eigenvalue weighted by Crippen LogP contribution is 2.47. The van der Waals surface area contributed by atoms with E-state index in [1.165, 1.54) is 0 Å². The molecule has 1 saturated heterocycles. The van der Waals surface area contributed by atoms with Crippen molar-refractivity contribution in [2.45, 2.75) is 23.8 Å². The Morgan fingerprint density at radius 1 is 1.42 bits per heavy atom. The molecule has 0 amide bonds. The molecule has 2 heterocycles. The topological polar surface area (TPSA) is 35.8 Å². The van der Waals surface area contributed by atoms with Crippen molar-refractivity contribution in [1.29, 1.82) is 0 Å². The van der Waals surface area contributed by atoms with Crippen molar-refractivity contribution >= 4 is 28.5 Å². The van der Waals surface area contributed by atoms with Gasteiger partial charge in [0.15, 0.2) is 10.9 Å². The van der Waals surface area contributed by atoms with E-state index in [4.69, 9.17) is 11.6 Å². The summed E-state index contributed by atoms with van der Waals surface area (Å²) < 4.78 is 0. The highest BCUT2D eigenvalue weighted by atomic mass is 35.5. The second-order valence-electron chi connectivity index (χ2n) is 4.85. The molecule has 2 aliphatic rings. The monoisotopic (exact) mass is 296 g/mol. The fraction of sp³-hybridized carbons (Fsp3) is 0.500. The first-order chi connectivity index (χ1) is 9.26. The molecule has 0 radical (unpaired) electrons. The minimum atomic E-state index is -0.972. The number of benzene rings is 1. The van der Waals surface area contributed by atoms with E-state index in [1.54, 1.807) is 11.8 Å². The number of aliphatic imine (C=N–C) groups is 1. The highest BCUT2D eigenvalue weighted by molar-refractivity contribution is 8.14. The summed E-state index contributed by atoms with van der Waals surface area (Å²) in [6.45, 7) is 1.72. The van der Waals surface area contributed by atoms with Crippen molar-refractivity contribution in [3.63, 3.8) is 0 Å². The van der Waals surface area contributed by atoms with Gasteiger partial charge in [0.25, 0.3) is 0 Å². The lowest BCUT2D eigenvalue weighted by Crippen LogP contribution is -2.50. The molecule has 0 saturated carbocycles. The van der Waals surface area contributed by atoms with Crippen molar-refractivity contribution in [1.82, 2.24) is 4.90 Å². The zero-order valence-electron chi connectivity index (χ0n) is 10.6. The molecule has 0 aliphatic carbocycles. The number of rotatable bonds is 3. The Balaban J connectivity index is 2.03. The average molecular weight is 297 g/mol. The van der Waals surface area contributed by atoms with Crippen LogP contribution in [-0.2, 0) is 5.72 Å². The molecule has 19 heavy (non-hydrogen) atoms. The summed E-state index contributed by atoms with van der Waals surface area (Å²) in [6, 6.07) is 9.87. The Morgan fingerprint density at radius 2 is 2.21 bits per heavy atom. The molecule has 1 aromatic rings. The Morgan fingerprint density at radius 3 is 2.95 bits per heavy atom. The summed E-state index contributed by atoms with van der Waals surface area (Å²) in [5.41, 5.74) is -0.0372. The van der Waals surface area contributed by atoms with Gasteiger partial charge in [0.05, 0.1) is 5.25 Å². The van der Waals surface area contributed by atoms with E-state index in [2.05, 4.69) is 4.99 Å². The maximum absolute atomic E-state index is 11.3. The Bertz CT molecular complexity index is 482. The molecule has 0 unspecified atom stereocenters. The lowest BCUT2D eigenvalue weighted by molar-refractivity contribution is -0.0726. The summed E-state index contributed by atoms with van der Waals surface area (Å²) in [5, 5.41) is 12.3. The quantitative estimate of drug-likeness (QED) is 0.871. The van der Waals surface area contributed by atoms with Crippen LogP contribution in [0.15, 0.2) is 35.3 Å². The summed E-state index contributed by atoms with van der Waals surface area (Å²) in [4.78, 5) is 6.60. The van der Waals surface area contributed by atoms with Crippen LogP contribution in [-0.4, -0.2) is 39.4 Å². The number of thioether (sulfide) groups is 1. The van der Waals surface area contributed by atoms with Gasteiger partial charge < -0.3 is 10.0 Å². The first kappa shape index (κ1) is 13.3. The minimum Gasteiger partial charge on any atom is -0.366 e. The molecule has 3 rings (SSSR count). The molecule has 102 valence electrons. The molecule has 5 heteroatoms. The zero-order chi connectivity index (χ0) is 13.3. The highest BCUT2D eigenvalue weighted by Gasteiger charge is 2.52. The Kier molecular flexibility index (Phi) is 3.74. The van der Waals surface area contributed by atoms with E-state index in [9.17, 15) is 5.11 Å².